The maximum absolute atomic E-state index is 9.73. The molecule has 1 aromatic rings. The van der Waals surface area contributed by atoms with E-state index in [1.807, 2.05) is 24.8 Å². The van der Waals surface area contributed by atoms with Crippen LogP contribution >= 0.6 is 23.4 Å². The number of aryl methyl sites for hydroxylation is 1. The average Bonchev–Trinajstić information content (AvgIpc) is 2.57. The lowest BCUT2D eigenvalue weighted by Crippen LogP contribution is -2.20. The third-order valence-corrected chi connectivity index (χ3v) is 4.45. The smallest absolute Gasteiger partial charge is 0.0669 e. The minimum atomic E-state index is -0.160. The molecule has 0 aromatic heterocycles. The van der Waals surface area contributed by atoms with Gasteiger partial charge in [-0.3, -0.25) is 0 Å². The molecule has 0 amide bonds. The topological polar surface area (TPSA) is 20.2 Å². The highest BCUT2D eigenvalue weighted by Gasteiger charge is 2.26. The number of thioether (sulfide) groups is 1. The Morgan fingerprint density at radius 3 is 2.87 bits per heavy atom. The van der Waals surface area contributed by atoms with E-state index >= 15 is 0 Å². The number of halogens is 1. The van der Waals surface area contributed by atoms with Gasteiger partial charge in [0.15, 0.2) is 0 Å². The second-order valence-electron chi connectivity index (χ2n) is 4.16. The second kappa shape index (κ2) is 4.77. The molecule has 2 unspecified atom stereocenters. The van der Waals surface area contributed by atoms with E-state index in [9.17, 15) is 5.11 Å². The lowest BCUT2D eigenvalue weighted by atomic mass is 9.96. The molecule has 1 aliphatic rings. The van der Waals surface area contributed by atoms with Crippen LogP contribution in [-0.2, 0) is 6.42 Å². The SMILES string of the molecule is Cc1ccc(CC2CSCC2O)c(Cl)c1. The zero-order chi connectivity index (χ0) is 10.8. The van der Waals surface area contributed by atoms with Crippen LogP contribution in [0.25, 0.3) is 0 Å². The van der Waals surface area contributed by atoms with Crippen LogP contribution in [0.15, 0.2) is 18.2 Å². The first-order chi connectivity index (χ1) is 7.16. The molecule has 1 heterocycles. The summed E-state index contributed by atoms with van der Waals surface area (Å²) < 4.78 is 0. The number of benzene rings is 1. The summed E-state index contributed by atoms with van der Waals surface area (Å²) >= 11 is 7.99. The van der Waals surface area contributed by atoms with E-state index in [1.165, 1.54) is 5.56 Å². The van der Waals surface area contributed by atoms with Crippen molar-refractivity contribution in [2.75, 3.05) is 11.5 Å². The molecular weight excluding hydrogens is 228 g/mol. The first kappa shape index (κ1) is 11.3. The van der Waals surface area contributed by atoms with Crippen molar-refractivity contribution < 1.29 is 5.11 Å². The predicted octanol–water partition coefficient (Wildman–Crippen LogP) is 2.91. The Morgan fingerprint density at radius 1 is 1.47 bits per heavy atom. The van der Waals surface area contributed by atoms with Crippen molar-refractivity contribution in [3.63, 3.8) is 0 Å². The zero-order valence-electron chi connectivity index (χ0n) is 8.74. The highest BCUT2D eigenvalue weighted by molar-refractivity contribution is 7.99. The Balaban J connectivity index is 2.10. The fourth-order valence-corrected chi connectivity index (χ4v) is 3.49. The van der Waals surface area contributed by atoms with Crippen molar-refractivity contribution in [1.82, 2.24) is 0 Å². The van der Waals surface area contributed by atoms with E-state index in [0.29, 0.717) is 5.92 Å². The van der Waals surface area contributed by atoms with Crippen LogP contribution in [0.2, 0.25) is 5.02 Å². The van der Waals surface area contributed by atoms with E-state index in [4.69, 9.17) is 11.6 Å². The molecule has 1 nitrogen and oxygen atoms in total. The van der Waals surface area contributed by atoms with E-state index in [1.54, 1.807) is 0 Å². The first-order valence-corrected chi connectivity index (χ1v) is 6.71. The van der Waals surface area contributed by atoms with Crippen LogP contribution in [0.4, 0.5) is 0 Å². The predicted molar refractivity (Wildman–Crippen MR) is 66.7 cm³/mol. The molecule has 0 spiro atoms. The molecular formula is C12H15ClOS. The molecule has 2 rings (SSSR count). The maximum Gasteiger partial charge on any atom is 0.0669 e. The molecule has 3 heteroatoms. The molecule has 2 atom stereocenters. The molecule has 1 saturated heterocycles. The van der Waals surface area contributed by atoms with Crippen molar-refractivity contribution in [3.8, 4) is 0 Å². The van der Waals surface area contributed by atoms with Crippen LogP contribution in [0.1, 0.15) is 11.1 Å². The van der Waals surface area contributed by atoms with Crippen molar-refractivity contribution in [2.45, 2.75) is 19.4 Å². The number of hydrogen-bond donors (Lipinski definition) is 1. The molecule has 1 fully saturated rings. The summed E-state index contributed by atoms with van der Waals surface area (Å²) in [5.41, 5.74) is 2.35. The molecule has 1 aliphatic heterocycles. The van der Waals surface area contributed by atoms with Gasteiger partial charge < -0.3 is 5.11 Å². The van der Waals surface area contributed by atoms with Gasteiger partial charge in [0, 0.05) is 10.8 Å². The summed E-state index contributed by atoms with van der Waals surface area (Å²) in [5.74, 6) is 2.29. The van der Waals surface area contributed by atoms with Crippen LogP contribution in [-0.4, -0.2) is 22.7 Å². The average molecular weight is 243 g/mol. The lowest BCUT2D eigenvalue weighted by Gasteiger charge is -2.14. The Kier molecular flexibility index (Phi) is 3.60. The molecule has 0 radical (unpaired) electrons. The summed E-state index contributed by atoms with van der Waals surface area (Å²) in [7, 11) is 0. The Hall–Kier alpha value is -0.180. The van der Waals surface area contributed by atoms with Crippen LogP contribution < -0.4 is 0 Å². The van der Waals surface area contributed by atoms with Gasteiger partial charge >= 0.3 is 0 Å². The Bertz CT molecular complexity index is 353. The molecule has 82 valence electrons. The summed E-state index contributed by atoms with van der Waals surface area (Å²) in [6, 6.07) is 6.15. The van der Waals surface area contributed by atoms with E-state index in [0.717, 1.165) is 28.5 Å². The molecule has 0 bridgehead atoms. The van der Waals surface area contributed by atoms with Crippen molar-refractivity contribution >= 4 is 23.4 Å². The van der Waals surface area contributed by atoms with Gasteiger partial charge in [0.25, 0.3) is 0 Å². The summed E-state index contributed by atoms with van der Waals surface area (Å²) in [6.45, 7) is 2.04. The monoisotopic (exact) mass is 242 g/mol. The third-order valence-electron chi connectivity index (χ3n) is 2.86. The van der Waals surface area contributed by atoms with E-state index < -0.39 is 0 Å². The lowest BCUT2D eigenvalue weighted by molar-refractivity contribution is 0.150. The largest absolute Gasteiger partial charge is 0.392 e. The highest BCUT2D eigenvalue weighted by atomic mass is 35.5. The van der Waals surface area contributed by atoms with Crippen LogP contribution in [0.3, 0.4) is 0 Å². The summed E-state index contributed by atoms with van der Waals surface area (Å²) in [5, 5.41) is 10.6. The number of aliphatic hydroxyl groups excluding tert-OH is 1. The molecule has 15 heavy (non-hydrogen) atoms. The minimum absolute atomic E-state index is 0.160. The van der Waals surface area contributed by atoms with Gasteiger partial charge in [-0.2, -0.15) is 11.8 Å². The normalized spacial score (nSPS) is 25.8. The maximum atomic E-state index is 9.73. The standard InChI is InChI=1S/C12H15ClOS/c1-8-2-3-9(11(13)4-8)5-10-6-15-7-12(10)14/h2-4,10,12,14H,5-7H2,1H3. The molecule has 0 aliphatic carbocycles. The molecule has 1 N–H and O–H groups in total. The highest BCUT2D eigenvalue weighted by Crippen LogP contribution is 2.29. The third kappa shape index (κ3) is 2.68. The van der Waals surface area contributed by atoms with E-state index in [-0.39, 0.29) is 6.10 Å². The zero-order valence-corrected chi connectivity index (χ0v) is 10.3. The van der Waals surface area contributed by atoms with Crippen molar-refractivity contribution in [2.24, 2.45) is 5.92 Å². The van der Waals surface area contributed by atoms with E-state index in [2.05, 4.69) is 12.1 Å². The van der Waals surface area contributed by atoms with Gasteiger partial charge in [-0.25, -0.2) is 0 Å². The first-order valence-electron chi connectivity index (χ1n) is 5.17. The van der Waals surface area contributed by atoms with Gasteiger partial charge in [-0.05, 0) is 42.2 Å². The second-order valence-corrected chi connectivity index (χ2v) is 5.65. The van der Waals surface area contributed by atoms with Crippen LogP contribution in [0, 0.1) is 12.8 Å². The summed E-state index contributed by atoms with van der Waals surface area (Å²) in [6.07, 6.45) is 0.736. The van der Waals surface area contributed by atoms with Gasteiger partial charge in [-0.1, -0.05) is 23.7 Å². The summed E-state index contributed by atoms with van der Waals surface area (Å²) in [4.78, 5) is 0. The van der Waals surface area contributed by atoms with Gasteiger partial charge in [0.1, 0.15) is 0 Å². The fourth-order valence-electron chi connectivity index (χ4n) is 1.88. The van der Waals surface area contributed by atoms with Crippen molar-refractivity contribution in [3.05, 3.63) is 34.3 Å². The Labute approximate surface area is 99.8 Å². The van der Waals surface area contributed by atoms with Crippen molar-refractivity contribution in [1.29, 1.82) is 0 Å². The fraction of sp³-hybridized carbons (Fsp3) is 0.500. The number of rotatable bonds is 2. The minimum Gasteiger partial charge on any atom is -0.392 e. The molecule has 1 aromatic carbocycles. The number of aliphatic hydroxyl groups is 1. The van der Waals surface area contributed by atoms with Gasteiger partial charge in [0.05, 0.1) is 6.10 Å². The number of hydrogen-bond acceptors (Lipinski definition) is 2. The van der Waals surface area contributed by atoms with Gasteiger partial charge in [-0.15, -0.1) is 0 Å². The van der Waals surface area contributed by atoms with Gasteiger partial charge in [0.2, 0.25) is 0 Å². The quantitative estimate of drug-likeness (QED) is 0.861. The van der Waals surface area contributed by atoms with Crippen LogP contribution in [0.5, 0.6) is 0 Å². The Morgan fingerprint density at radius 2 is 2.27 bits per heavy atom. The molecule has 0 saturated carbocycles.